The Kier molecular flexibility index (Phi) is 7.31. The number of aryl methyl sites for hydroxylation is 1. The van der Waals surface area contributed by atoms with Gasteiger partial charge in [0.15, 0.2) is 6.61 Å². The van der Waals surface area contributed by atoms with Crippen molar-refractivity contribution in [3.8, 4) is 5.75 Å². The van der Waals surface area contributed by atoms with Crippen LogP contribution in [0.15, 0.2) is 48.5 Å². The van der Waals surface area contributed by atoms with Crippen LogP contribution in [-0.2, 0) is 4.79 Å². The zero-order valence-electron chi connectivity index (χ0n) is 16.5. The summed E-state index contributed by atoms with van der Waals surface area (Å²) >= 11 is 6.05. The Labute approximate surface area is 172 Å². The van der Waals surface area contributed by atoms with Gasteiger partial charge in [0, 0.05) is 37.7 Å². The molecule has 0 spiro atoms. The van der Waals surface area contributed by atoms with E-state index in [9.17, 15) is 4.79 Å². The smallest absolute Gasteiger partial charge is 0.258 e. The maximum atomic E-state index is 12.3. The second-order valence-corrected chi connectivity index (χ2v) is 7.75. The van der Waals surface area contributed by atoms with Crippen LogP contribution in [0.3, 0.4) is 0 Å². The average molecular weight is 402 g/mol. The molecule has 1 aliphatic heterocycles. The summed E-state index contributed by atoms with van der Waals surface area (Å²) < 4.78 is 5.59. The number of halogens is 1. The first-order chi connectivity index (χ1) is 13.5. The molecule has 28 heavy (non-hydrogen) atoms. The number of ether oxygens (including phenoxy) is 1. The number of carbonyl (C=O) groups excluding carboxylic acids is 1. The fourth-order valence-corrected chi connectivity index (χ4v) is 3.45. The molecule has 0 unspecified atom stereocenters. The Balaban J connectivity index is 1.58. The standard InChI is InChI=1S/C22H28ClN3O2/c1-17-3-9-20(10-4-17)28-16-22(27)24-15-21(18-5-7-19(23)8-6-18)26-13-11-25(2)12-14-26/h3-10,21H,11-16H2,1-2H3,(H,24,27)/t21-/m0/s1. The normalized spacial score (nSPS) is 16.5. The third-order valence-electron chi connectivity index (χ3n) is 5.12. The minimum atomic E-state index is -0.117. The summed E-state index contributed by atoms with van der Waals surface area (Å²) in [6.07, 6.45) is 0. The molecule has 6 heteroatoms. The van der Waals surface area contributed by atoms with Crippen LogP contribution in [0.1, 0.15) is 17.2 Å². The van der Waals surface area contributed by atoms with Crippen LogP contribution < -0.4 is 10.1 Å². The molecule has 5 nitrogen and oxygen atoms in total. The molecule has 0 radical (unpaired) electrons. The van der Waals surface area contributed by atoms with Crippen molar-refractivity contribution in [1.29, 1.82) is 0 Å². The molecule has 0 aliphatic carbocycles. The number of hydrogen-bond acceptors (Lipinski definition) is 4. The molecule has 0 saturated carbocycles. The topological polar surface area (TPSA) is 44.8 Å². The molecule has 2 aromatic rings. The predicted octanol–water partition coefficient (Wildman–Crippen LogP) is 3.13. The molecule has 3 rings (SSSR count). The van der Waals surface area contributed by atoms with Gasteiger partial charge in [0.05, 0.1) is 6.04 Å². The van der Waals surface area contributed by atoms with E-state index in [4.69, 9.17) is 16.3 Å². The molecule has 1 heterocycles. The molecule has 1 N–H and O–H groups in total. The molecular weight excluding hydrogens is 374 g/mol. The monoisotopic (exact) mass is 401 g/mol. The third kappa shape index (κ3) is 5.96. The van der Waals surface area contributed by atoms with Crippen molar-refractivity contribution in [3.05, 3.63) is 64.7 Å². The van der Waals surface area contributed by atoms with Crippen LogP contribution in [0.25, 0.3) is 0 Å². The van der Waals surface area contributed by atoms with Crippen molar-refractivity contribution in [2.45, 2.75) is 13.0 Å². The first-order valence-electron chi connectivity index (χ1n) is 9.65. The molecule has 1 amide bonds. The van der Waals surface area contributed by atoms with Gasteiger partial charge in [-0.25, -0.2) is 0 Å². The minimum Gasteiger partial charge on any atom is -0.484 e. The number of benzene rings is 2. The van der Waals surface area contributed by atoms with Gasteiger partial charge in [-0.1, -0.05) is 41.4 Å². The number of hydrogen-bond donors (Lipinski definition) is 1. The van der Waals surface area contributed by atoms with Gasteiger partial charge in [-0.2, -0.15) is 0 Å². The Morgan fingerprint density at radius 1 is 1.07 bits per heavy atom. The molecule has 1 fully saturated rings. The second-order valence-electron chi connectivity index (χ2n) is 7.31. The van der Waals surface area contributed by atoms with Gasteiger partial charge in [0.2, 0.25) is 0 Å². The average Bonchev–Trinajstić information content (AvgIpc) is 2.70. The highest BCUT2D eigenvalue weighted by molar-refractivity contribution is 6.30. The van der Waals surface area contributed by atoms with Gasteiger partial charge in [0.25, 0.3) is 5.91 Å². The van der Waals surface area contributed by atoms with E-state index in [-0.39, 0.29) is 18.6 Å². The van der Waals surface area contributed by atoms with Crippen molar-refractivity contribution in [2.24, 2.45) is 0 Å². The van der Waals surface area contributed by atoms with E-state index < -0.39 is 0 Å². The van der Waals surface area contributed by atoms with Crippen LogP contribution in [0.4, 0.5) is 0 Å². The van der Waals surface area contributed by atoms with Crippen LogP contribution in [-0.4, -0.2) is 62.1 Å². The molecule has 0 aromatic heterocycles. The number of carbonyl (C=O) groups is 1. The highest BCUT2D eigenvalue weighted by Gasteiger charge is 2.24. The molecule has 1 aliphatic rings. The van der Waals surface area contributed by atoms with E-state index in [2.05, 4.69) is 22.2 Å². The lowest BCUT2D eigenvalue weighted by molar-refractivity contribution is -0.123. The van der Waals surface area contributed by atoms with Crippen molar-refractivity contribution in [1.82, 2.24) is 15.1 Å². The number of nitrogens with one attached hydrogen (secondary N) is 1. The molecule has 2 aromatic carbocycles. The van der Waals surface area contributed by atoms with Crippen LogP contribution in [0.5, 0.6) is 5.75 Å². The first-order valence-corrected chi connectivity index (χ1v) is 10.0. The Morgan fingerprint density at radius 2 is 1.71 bits per heavy atom. The molecule has 150 valence electrons. The molecule has 1 atom stereocenters. The van der Waals surface area contributed by atoms with Crippen molar-refractivity contribution < 1.29 is 9.53 Å². The predicted molar refractivity (Wildman–Crippen MR) is 113 cm³/mol. The van der Waals surface area contributed by atoms with Gasteiger partial charge in [0.1, 0.15) is 5.75 Å². The summed E-state index contributed by atoms with van der Waals surface area (Å²) in [4.78, 5) is 17.1. The zero-order valence-corrected chi connectivity index (χ0v) is 17.3. The lowest BCUT2D eigenvalue weighted by Gasteiger charge is -2.38. The number of nitrogens with zero attached hydrogens (tertiary/aromatic N) is 2. The summed E-state index contributed by atoms with van der Waals surface area (Å²) in [6, 6.07) is 15.7. The lowest BCUT2D eigenvalue weighted by atomic mass is 10.0. The Bertz CT molecular complexity index is 756. The van der Waals surface area contributed by atoms with E-state index >= 15 is 0 Å². The Morgan fingerprint density at radius 3 is 2.36 bits per heavy atom. The van der Waals surface area contributed by atoms with E-state index in [0.29, 0.717) is 12.3 Å². The highest BCUT2D eigenvalue weighted by Crippen LogP contribution is 2.23. The summed E-state index contributed by atoms with van der Waals surface area (Å²) in [5.74, 6) is 0.586. The van der Waals surface area contributed by atoms with Gasteiger partial charge in [-0.15, -0.1) is 0 Å². The summed E-state index contributed by atoms with van der Waals surface area (Å²) in [6.45, 7) is 6.56. The van der Waals surface area contributed by atoms with Gasteiger partial charge < -0.3 is 15.0 Å². The first kappa shape index (κ1) is 20.6. The lowest BCUT2D eigenvalue weighted by Crippen LogP contribution is -2.48. The van der Waals surface area contributed by atoms with Crippen molar-refractivity contribution >= 4 is 17.5 Å². The van der Waals surface area contributed by atoms with Gasteiger partial charge in [-0.3, -0.25) is 9.69 Å². The number of rotatable bonds is 7. The molecule has 0 bridgehead atoms. The summed E-state index contributed by atoms with van der Waals surface area (Å²) in [7, 11) is 2.14. The van der Waals surface area contributed by atoms with Gasteiger partial charge in [-0.05, 0) is 43.8 Å². The number of piperazine rings is 1. The number of amides is 1. The molecule has 1 saturated heterocycles. The summed E-state index contributed by atoms with van der Waals surface area (Å²) in [5, 5.41) is 3.75. The van der Waals surface area contributed by atoms with E-state index in [1.165, 1.54) is 0 Å². The fraction of sp³-hybridized carbons (Fsp3) is 0.409. The zero-order chi connectivity index (χ0) is 19.9. The maximum absolute atomic E-state index is 12.3. The van der Waals surface area contributed by atoms with E-state index in [1.54, 1.807) is 0 Å². The van der Waals surface area contributed by atoms with Crippen molar-refractivity contribution in [2.75, 3.05) is 46.4 Å². The quantitative estimate of drug-likeness (QED) is 0.774. The van der Waals surface area contributed by atoms with Crippen LogP contribution in [0.2, 0.25) is 5.02 Å². The highest BCUT2D eigenvalue weighted by atomic mass is 35.5. The van der Waals surface area contributed by atoms with E-state index in [1.807, 2.05) is 55.5 Å². The minimum absolute atomic E-state index is 0.0130. The summed E-state index contributed by atoms with van der Waals surface area (Å²) in [5.41, 5.74) is 2.32. The third-order valence-corrected chi connectivity index (χ3v) is 5.37. The molecular formula is C22H28ClN3O2. The van der Waals surface area contributed by atoms with Crippen LogP contribution >= 0.6 is 11.6 Å². The largest absolute Gasteiger partial charge is 0.484 e. The SMILES string of the molecule is Cc1ccc(OCC(=O)NC[C@@H](c2ccc(Cl)cc2)N2CCN(C)CC2)cc1. The second kappa shape index (κ2) is 9.92. The maximum Gasteiger partial charge on any atom is 0.258 e. The fourth-order valence-electron chi connectivity index (χ4n) is 3.32. The van der Waals surface area contributed by atoms with Gasteiger partial charge >= 0.3 is 0 Å². The number of likely N-dealkylation sites (N-methyl/N-ethyl adjacent to an activating group) is 1. The Hall–Kier alpha value is -2.08. The van der Waals surface area contributed by atoms with E-state index in [0.717, 1.165) is 42.3 Å². The van der Waals surface area contributed by atoms with Crippen molar-refractivity contribution in [3.63, 3.8) is 0 Å². The van der Waals surface area contributed by atoms with Crippen LogP contribution in [0, 0.1) is 6.92 Å².